The van der Waals surface area contributed by atoms with Gasteiger partial charge < -0.3 is 5.73 Å². The van der Waals surface area contributed by atoms with Gasteiger partial charge in [-0.15, -0.1) is 11.8 Å². The van der Waals surface area contributed by atoms with Crippen LogP contribution < -0.4 is 5.73 Å². The van der Waals surface area contributed by atoms with E-state index >= 15 is 0 Å². The predicted molar refractivity (Wildman–Crippen MR) is 72.8 cm³/mol. The molecule has 0 saturated heterocycles. The van der Waals surface area contributed by atoms with E-state index in [-0.39, 0.29) is 16.6 Å². The average Bonchev–Trinajstić information content (AvgIpc) is 2.26. The lowest BCUT2D eigenvalue weighted by molar-refractivity contribution is 0.577. The van der Waals surface area contributed by atoms with Gasteiger partial charge in [-0.05, 0) is 41.9 Å². The number of hydrogen-bond acceptors (Lipinski definition) is 4. The summed E-state index contributed by atoms with van der Waals surface area (Å²) in [5.41, 5.74) is 6.25. The summed E-state index contributed by atoms with van der Waals surface area (Å²) in [5.74, 6) is 0.892. The van der Waals surface area contributed by atoms with Crippen molar-refractivity contribution in [2.45, 2.75) is 24.6 Å². The standard InChI is InChI=1S/C11H13BrFN3S/c1-11(2)10(14)15-7(5-17-11)9-6(13)3-4-8(12)16-9/h3-4,7H,5H2,1-2H3,(H2,14,15). The number of amidine groups is 1. The fourth-order valence-corrected chi connectivity index (χ4v) is 2.86. The monoisotopic (exact) mass is 317 g/mol. The summed E-state index contributed by atoms with van der Waals surface area (Å²) in [6.07, 6.45) is 0. The first-order valence-electron chi connectivity index (χ1n) is 5.20. The van der Waals surface area contributed by atoms with Gasteiger partial charge in [0, 0.05) is 5.75 Å². The van der Waals surface area contributed by atoms with Crippen LogP contribution in [-0.4, -0.2) is 21.3 Å². The molecule has 2 N–H and O–H groups in total. The van der Waals surface area contributed by atoms with Gasteiger partial charge in [0.15, 0.2) is 0 Å². The van der Waals surface area contributed by atoms with E-state index in [1.165, 1.54) is 6.07 Å². The van der Waals surface area contributed by atoms with E-state index in [0.29, 0.717) is 21.9 Å². The van der Waals surface area contributed by atoms with Gasteiger partial charge in [-0.25, -0.2) is 9.37 Å². The summed E-state index contributed by atoms with van der Waals surface area (Å²) < 4.78 is 14.1. The van der Waals surface area contributed by atoms with Crippen LogP contribution in [0.3, 0.4) is 0 Å². The van der Waals surface area contributed by atoms with E-state index in [9.17, 15) is 4.39 Å². The number of rotatable bonds is 1. The molecule has 0 aliphatic carbocycles. The zero-order valence-electron chi connectivity index (χ0n) is 9.58. The van der Waals surface area contributed by atoms with Crippen molar-refractivity contribution >= 4 is 33.5 Å². The van der Waals surface area contributed by atoms with E-state index in [1.54, 1.807) is 17.8 Å². The van der Waals surface area contributed by atoms with E-state index in [4.69, 9.17) is 5.73 Å². The molecule has 0 radical (unpaired) electrons. The molecule has 1 aliphatic heterocycles. The highest BCUT2D eigenvalue weighted by molar-refractivity contribution is 9.10. The molecule has 0 aromatic carbocycles. The lowest BCUT2D eigenvalue weighted by Gasteiger charge is -2.31. The van der Waals surface area contributed by atoms with Crippen molar-refractivity contribution in [2.24, 2.45) is 10.7 Å². The zero-order chi connectivity index (χ0) is 12.6. The molecule has 17 heavy (non-hydrogen) atoms. The molecule has 1 atom stereocenters. The van der Waals surface area contributed by atoms with Gasteiger partial charge in [0.05, 0.1) is 4.75 Å². The van der Waals surface area contributed by atoms with Gasteiger partial charge in [0.2, 0.25) is 0 Å². The number of aromatic nitrogens is 1. The Kier molecular flexibility index (Phi) is 3.45. The third kappa shape index (κ3) is 2.63. The first kappa shape index (κ1) is 12.8. The Labute approximate surface area is 112 Å². The van der Waals surface area contributed by atoms with Gasteiger partial charge in [-0.3, -0.25) is 4.99 Å². The Hall–Kier alpha value is -0.620. The second-order valence-corrected chi connectivity index (χ2v) is 6.81. The minimum atomic E-state index is -0.338. The molecule has 0 spiro atoms. The number of pyridine rings is 1. The highest BCUT2D eigenvalue weighted by atomic mass is 79.9. The van der Waals surface area contributed by atoms with Crippen molar-refractivity contribution in [1.82, 2.24) is 4.98 Å². The zero-order valence-corrected chi connectivity index (χ0v) is 12.0. The Morgan fingerprint density at radius 1 is 1.53 bits per heavy atom. The van der Waals surface area contributed by atoms with Crippen LogP contribution in [0.15, 0.2) is 21.7 Å². The predicted octanol–water partition coefficient (Wildman–Crippen LogP) is 2.91. The van der Waals surface area contributed by atoms with Crippen molar-refractivity contribution < 1.29 is 4.39 Å². The maximum absolute atomic E-state index is 13.7. The molecule has 1 aliphatic rings. The Morgan fingerprint density at radius 3 is 2.88 bits per heavy atom. The summed E-state index contributed by atoms with van der Waals surface area (Å²) >= 11 is 4.90. The Bertz CT molecular complexity index is 476. The van der Waals surface area contributed by atoms with Gasteiger partial charge in [-0.2, -0.15) is 0 Å². The maximum Gasteiger partial charge on any atom is 0.147 e. The number of nitrogens with two attached hydrogens (primary N) is 1. The summed E-state index contributed by atoms with van der Waals surface area (Å²) in [7, 11) is 0. The topological polar surface area (TPSA) is 51.3 Å². The maximum atomic E-state index is 13.7. The van der Waals surface area contributed by atoms with Crippen molar-refractivity contribution in [2.75, 3.05) is 5.75 Å². The van der Waals surface area contributed by atoms with Crippen LogP contribution in [0.25, 0.3) is 0 Å². The van der Waals surface area contributed by atoms with Crippen LogP contribution in [-0.2, 0) is 0 Å². The smallest absolute Gasteiger partial charge is 0.147 e. The SMILES string of the molecule is CC1(C)SCC(c2nc(Br)ccc2F)N=C1N. The second-order valence-electron chi connectivity index (χ2n) is 4.35. The molecule has 1 aromatic heterocycles. The van der Waals surface area contributed by atoms with E-state index in [0.717, 1.165) is 0 Å². The highest BCUT2D eigenvalue weighted by Gasteiger charge is 2.32. The molecule has 6 heteroatoms. The molecule has 0 saturated carbocycles. The first-order valence-corrected chi connectivity index (χ1v) is 6.97. The third-order valence-corrected chi connectivity index (χ3v) is 4.52. The van der Waals surface area contributed by atoms with Crippen LogP contribution in [0.5, 0.6) is 0 Å². The van der Waals surface area contributed by atoms with Crippen LogP contribution in [0.2, 0.25) is 0 Å². The Balaban J connectivity index is 2.37. The van der Waals surface area contributed by atoms with Gasteiger partial charge in [-0.1, -0.05) is 0 Å². The van der Waals surface area contributed by atoms with E-state index < -0.39 is 0 Å². The number of halogens is 2. The summed E-state index contributed by atoms with van der Waals surface area (Å²) in [6.45, 7) is 4.02. The van der Waals surface area contributed by atoms with E-state index in [1.807, 2.05) is 13.8 Å². The van der Waals surface area contributed by atoms with Crippen molar-refractivity contribution in [1.29, 1.82) is 0 Å². The first-order chi connectivity index (χ1) is 7.90. The molecule has 2 rings (SSSR count). The quantitative estimate of drug-likeness (QED) is 0.810. The van der Waals surface area contributed by atoms with Crippen LogP contribution in [0.1, 0.15) is 25.6 Å². The second kappa shape index (κ2) is 4.57. The Morgan fingerprint density at radius 2 is 2.24 bits per heavy atom. The number of nitrogens with zero attached hydrogens (tertiary/aromatic N) is 2. The molecule has 92 valence electrons. The summed E-state index contributed by atoms with van der Waals surface area (Å²) in [6, 6.07) is 2.67. The van der Waals surface area contributed by atoms with Crippen LogP contribution >= 0.6 is 27.7 Å². The third-order valence-electron chi connectivity index (χ3n) is 2.67. The van der Waals surface area contributed by atoms with E-state index in [2.05, 4.69) is 25.9 Å². The van der Waals surface area contributed by atoms with Crippen LogP contribution in [0, 0.1) is 5.82 Å². The van der Waals surface area contributed by atoms with Gasteiger partial charge >= 0.3 is 0 Å². The van der Waals surface area contributed by atoms with Crippen molar-refractivity contribution in [3.63, 3.8) is 0 Å². The molecule has 0 bridgehead atoms. The van der Waals surface area contributed by atoms with Crippen LogP contribution in [0.4, 0.5) is 4.39 Å². The largest absolute Gasteiger partial charge is 0.386 e. The lowest BCUT2D eigenvalue weighted by Crippen LogP contribution is -2.39. The fraction of sp³-hybridized carbons (Fsp3) is 0.455. The average molecular weight is 318 g/mol. The fourth-order valence-electron chi connectivity index (χ4n) is 1.53. The lowest BCUT2D eigenvalue weighted by atomic mass is 10.1. The molecule has 2 heterocycles. The normalized spacial score (nSPS) is 23.3. The molecule has 3 nitrogen and oxygen atoms in total. The molecular formula is C11H13BrFN3S. The molecule has 1 aromatic rings. The highest BCUT2D eigenvalue weighted by Crippen LogP contribution is 2.36. The minimum absolute atomic E-state index is 0.182. The molecule has 0 fully saturated rings. The molecular weight excluding hydrogens is 305 g/mol. The van der Waals surface area contributed by atoms with Crippen molar-refractivity contribution in [3.05, 3.63) is 28.2 Å². The minimum Gasteiger partial charge on any atom is -0.386 e. The van der Waals surface area contributed by atoms with Crippen molar-refractivity contribution in [3.8, 4) is 0 Å². The summed E-state index contributed by atoms with van der Waals surface area (Å²) in [5, 5.41) is 0. The van der Waals surface area contributed by atoms with Gasteiger partial charge in [0.25, 0.3) is 0 Å². The number of aliphatic imine (C=N–C) groups is 1. The molecule has 1 unspecified atom stereocenters. The summed E-state index contributed by atoms with van der Waals surface area (Å²) in [4.78, 5) is 8.50. The number of hydrogen-bond donors (Lipinski definition) is 1. The van der Waals surface area contributed by atoms with Gasteiger partial charge in [0.1, 0.15) is 28.0 Å². The number of thioether (sulfide) groups is 1. The molecule has 0 amide bonds.